The summed E-state index contributed by atoms with van der Waals surface area (Å²) in [6.45, 7) is 7.29. The molecule has 3 nitrogen and oxygen atoms in total. The smallest absolute Gasteiger partial charge is 0.223 e. The minimum atomic E-state index is 0.149. The zero-order valence-electron chi connectivity index (χ0n) is 10.9. The monoisotopic (exact) mass is 226 g/mol. The maximum Gasteiger partial charge on any atom is 0.223 e. The van der Waals surface area contributed by atoms with E-state index in [2.05, 4.69) is 26.1 Å². The molecule has 1 fully saturated rings. The number of carbonyl (C=O) groups is 1. The van der Waals surface area contributed by atoms with E-state index in [1.807, 2.05) is 0 Å². The average Bonchev–Trinajstić information content (AvgIpc) is 2.26. The van der Waals surface area contributed by atoms with E-state index >= 15 is 0 Å². The van der Waals surface area contributed by atoms with Crippen LogP contribution in [0.15, 0.2) is 0 Å². The predicted molar refractivity (Wildman–Crippen MR) is 67.0 cm³/mol. The molecule has 0 aliphatic heterocycles. The first kappa shape index (κ1) is 13.5. The van der Waals surface area contributed by atoms with E-state index in [9.17, 15) is 4.79 Å². The van der Waals surface area contributed by atoms with E-state index < -0.39 is 0 Å². The fourth-order valence-corrected chi connectivity index (χ4v) is 2.06. The van der Waals surface area contributed by atoms with Gasteiger partial charge in [-0.25, -0.2) is 0 Å². The van der Waals surface area contributed by atoms with Crippen molar-refractivity contribution in [3.05, 3.63) is 0 Å². The molecule has 0 aromatic carbocycles. The van der Waals surface area contributed by atoms with E-state index in [0.29, 0.717) is 0 Å². The van der Waals surface area contributed by atoms with Crippen molar-refractivity contribution in [1.29, 1.82) is 0 Å². The van der Waals surface area contributed by atoms with Crippen LogP contribution in [0.2, 0.25) is 0 Å². The van der Waals surface area contributed by atoms with Gasteiger partial charge in [0, 0.05) is 18.5 Å². The van der Waals surface area contributed by atoms with Crippen molar-refractivity contribution in [2.24, 2.45) is 17.1 Å². The Kier molecular flexibility index (Phi) is 4.78. The summed E-state index contributed by atoms with van der Waals surface area (Å²) in [6.07, 6.45) is 5.11. The average molecular weight is 226 g/mol. The van der Waals surface area contributed by atoms with Gasteiger partial charge in [-0.15, -0.1) is 0 Å². The van der Waals surface area contributed by atoms with Gasteiger partial charge in [0.15, 0.2) is 0 Å². The number of rotatable bonds is 4. The SMILES string of the molecule is CCC(C)(C)CNC(=O)C1CCCC(N)C1. The molecule has 1 aliphatic carbocycles. The summed E-state index contributed by atoms with van der Waals surface area (Å²) in [5, 5.41) is 3.07. The molecule has 1 aliphatic rings. The van der Waals surface area contributed by atoms with Gasteiger partial charge in [-0.3, -0.25) is 4.79 Å². The third-order valence-corrected chi connectivity index (χ3v) is 3.78. The second-order valence-corrected chi connectivity index (χ2v) is 5.86. The van der Waals surface area contributed by atoms with E-state index in [4.69, 9.17) is 5.73 Å². The summed E-state index contributed by atoms with van der Waals surface area (Å²) in [4.78, 5) is 11.9. The third kappa shape index (κ3) is 4.12. The number of hydrogen-bond donors (Lipinski definition) is 2. The molecule has 16 heavy (non-hydrogen) atoms. The Labute approximate surface area is 99.2 Å². The molecule has 0 heterocycles. The van der Waals surface area contributed by atoms with Gasteiger partial charge in [0.2, 0.25) is 5.91 Å². The number of amides is 1. The molecule has 1 saturated carbocycles. The molecule has 1 rings (SSSR count). The highest BCUT2D eigenvalue weighted by molar-refractivity contribution is 5.78. The molecule has 94 valence electrons. The van der Waals surface area contributed by atoms with Crippen LogP contribution in [0, 0.1) is 11.3 Å². The quantitative estimate of drug-likeness (QED) is 0.771. The van der Waals surface area contributed by atoms with E-state index in [0.717, 1.165) is 38.6 Å². The highest BCUT2D eigenvalue weighted by Crippen LogP contribution is 2.24. The summed E-state index contributed by atoms with van der Waals surface area (Å²) in [7, 11) is 0. The van der Waals surface area contributed by atoms with Crippen molar-refractivity contribution in [3.8, 4) is 0 Å². The van der Waals surface area contributed by atoms with Crippen molar-refractivity contribution in [1.82, 2.24) is 5.32 Å². The summed E-state index contributed by atoms with van der Waals surface area (Å²) < 4.78 is 0. The number of carbonyl (C=O) groups excluding carboxylic acids is 1. The number of nitrogens with one attached hydrogen (secondary N) is 1. The van der Waals surface area contributed by atoms with Crippen LogP contribution in [0.3, 0.4) is 0 Å². The van der Waals surface area contributed by atoms with Gasteiger partial charge in [-0.2, -0.15) is 0 Å². The van der Waals surface area contributed by atoms with Gasteiger partial charge in [-0.1, -0.05) is 27.2 Å². The van der Waals surface area contributed by atoms with Crippen LogP contribution in [0.5, 0.6) is 0 Å². The minimum Gasteiger partial charge on any atom is -0.355 e. The highest BCUT2D eigenvalue weighted by Gasteiger charge is 2.26. The fourth-order valence-electron chi connectivity index (χ4n) is 2.06. The molecule has 1 amide bonds. The Morgan fingerprint density at radius 1 is 1.44 bits per heavy atom. The largest absolute Gasteiger partial charge is 0.355 e. The second kappa shape index (κ2) is 5.67. The Balaban J connectivity index is 2.34. The maximum absolute atomic E-state index is 11.9. The van der Waals surface area contributed by atoms with Crippen LogP contribution in [-0.2, 0) is 4.79 Å². The number of hydrogen-bond acceptors (Lipinski definition) is 2. The van der Waals surface area contributed by atoms with Crippen molar-refractivity contribution < 1.29 is 4.79 Å². The van der Waals surface area contributed by atoms with Gasteiger partial charge < -0.3 is 11.1 Å². The van der Waals surface area contributed by atoms with Crippen LogP contribution in [0.4, 0.5) is 0 Å². The predicted octanol–water partition coefficient (Wildman–Crippen LogP) is 2.06. The van der Waals surface area contributed by atoms with Crippen LogP contribution in [0.1, 0.15) is 52.9 Å². The third-order valence-electron chi connectivity index (χ3n) is 3.78. The standard InChI is InChI=1S/C13H26N2O/c1-4-13(2,3)9-15-12(16)10-6-5-7-11(14)8-10/h10-11H,4-9,14H2,1-3H3,(H,15,16). The molecule has 0 spiro atoms. The zero-order valence-corrected chi connectivity index (χ0v) is 10.9. The summed E-state index contributed by atoms with van der Waals surface area (Å²) in [5.41, 5.74) is 6.09. The lowest BCUT2D eigenvalue weighted by molar-refractivity contribution is -0.126. The lowest BCUT2D eigenvalue weighted by Gasteiger charge is -2.28. The molecule has 3 N–H and O–H groups in total. The molecule has 3 heteroatoms. The molecule has 0 aromatic heterocycles. The lowest BCUT2D eigenvalue weighted by atomic mass is 9.85. The van der Waals surface area contributed by atoms with Crippen LogP contribution in [-0.4, -0.2) is 18.5 Å². The molecular weight excluding hydrogens is 200 g/mol. The second-order valence-electron chi connectivity index (χ2n) is 5.86. The van der Waals surface area contributed by atoms with Crippen LogP contribution >= 0.6 is 0 Å². The molecule has 0 bridgehead atoms. The molecule has 0 saturated heterocycles. The maximum atomic E-state index is 11.9. The first-order chi connectivity index (χ1) is 7.44. The van der Waals surface area contributed by atoms with E-state index in [-0.39, 0.29) is 23.3 Å². The normalized spacial score (nSPS) is 26.5. The fraction of sp³-hybridized carbons (Fsp3) is 0.923. The summed E-state index contributed by atoms with van der Waals surface area (Å²) in [5.74, 6) is 0.355. The van der Waals surface area contributed by atoms with Gasteiger partial charge in [0.1, 0.15) is 0 Å². The number of nitrogens with two attached hydrogens (primary N) is 1. The van der Waals surface area contributed by atoms with E-state index in [1.165, 1.54) is 0 Å². The van der Waals surface area contributed by atoms with Gasteiger partial charge in [0.05, 0.1) is 0 Å². The topological polar surface area (TPSA) is 55.1 Å². The molecule has 2 unspecified atom stereocenters. The van der Waals surface area contributed by atoms with Crippen LogP contribution in [0.25, 0.3) is 0 Å². The van der Waals surface area contributed by atoms with Crippen molar-refractivity contribution >= 4 is 5.91 Å². The first-order valence-corrected chi connectivity index (χ1v) is 6.48. The zero-order chi connectivity index (χ0) is 12.2. The van der Waals surface area contributed by atoms with Crippen molar-refractivity contribution in [2.75, 3.05) is 6.54 Å². The van der Waals surface area contributed by atoms with Gasteiger partial charge in [-0.05, 0) is 31.1 Å². The van der Waals surface area contributed by atoms with Crippen molar-refractivity contribution in [3.63, 3.8) is 0 Å². The van der Waals surface area contributed by atoms with Gasteiger partial charge >= 0.3 is 0 Å². The summed E-state index contributed by atoms with van der Waals surface area (Å²) >= 11 is 0. The molecule has 0 radical (unpaired) electrons. The lowest BCUT2D eigenvalue weighted by Crippen LogP contribution is -2.41. The Hall–Kier alpha value is -0.570. The highest BCUT2D eigenvalue weighted by atomic mass is 16.1. The van der Waals surface area contributed by atoms with Gasteiger partial charge in [0.25, 0.3) is 0 Å². The Morgan fingerprint density at radius 3 is 2.69 bits per heavy atom. The Bertz CT molecular complexity index is 238. The van der Waals surface area contributed by atoms with Crippen LogP contribution < -0.4 is 11.1 Å². The Morgan fingerprint density at radius 2 is 2.12 bits per heavy atom. The first-order valence-electron chi connectivity index (χ1n) is 6.48. The van der Waals surface area contributed by atoms with E-state index in [1.54, 1.807) is 0 Å². The molecule has 2 atom stereocenters. The van der Waals surface area contributed by atoms with Crippen molar-refractivity contribution in [2.45, 2.75) is 58.9 Å². The molecule has 0 aromatic rings. The molecular formula is C13H26N2O. The minimum absolute atomic E-state index is 0.149. The summed E-state index contributed by atoms with van der Waals surface area (Å²) in [6, 6.07) is 0.226.